The lowest BCUT2D eigenvalue weighted by molar-refractivity contribution is -0.123. The van der Waals surface area contributed by atoms with E-state index >= 15 is 0 Å². The Hall–Kier alpha value is -1.38. The van der Waals surface area contributed by atoms with Gasteiger partial charge in [0, 0.05) is 10.4 Å². The van der Waals surface area contributed by atoms with E-state index in [-0.39, 0.29) is 11.4 Å². The van der Waals surface area contributed by atoms with Crippen molar-refractivity contribution in [3.8, 4) is 6.07 Å². The summed E-state index contributed by atoms with van der Waals surface area (Å²) < 4.78 is 0. The summed E-state index contributed by atoms with van der Waals surface area (Å²) in [5.74, 6) is 2.70. The van der Waals surface area contributed by atoms with Gasteiger partial charge in [-0.05, 0) is 94.6 Å². The van der Waals surface area contributed by atoms with Gasteiger partial charge < -0.3 is 5.32 Å². The SMILES string of the molecule is CN(CC(=O)Nc1sc2c(c1C#N)CCCC2)C12CC3CC(CC(C3)C1)C2. The highest BCUT2D eigenvalue weighted by molar-refractivity contribution is 7.16. The fraction of sp³-hybridized carbons (Fsp3) is 0.727. The number of carbonyl (C=O) groups is 1. The van der Waals surface area contributed by atoms with E-state index in [4.69, 9.17) is 0 Å². The van der Waals surface area contributed by atoms with Gasteiger partial charge in [0.25, 0.3) is 0 Å². The maximum Gasteiger partial charge on any atom is 0.239 e. The number of fused-ring (bicyclic) bond motifs is 1. The third-order valence-electron chi connectivity index (χ3n) is 7.73. The van der Waals surface area contributed by atoms with E-state index in [0.717, 1.165) is 47.6 Å². The number of likely N-dealkylation sites (N-methyl/N-ethyl adjacent to an activating group) is 1. The van der Waals surface area contributed by atoms with E-state index in [2.05, 4.69) is 23.3 Å². The predicted octanol–water partition coefficient (Wildman–Crippen LogP) is 4.34. The Balaban J connectivity index is 1.29. The van der Waals surface area contributed by atoms with Crippen molar-refractivity contribution in [3.63, 3.8) is 0 Å². The van der Waals surface area contributed by atoms with Crippen LogP contribution in [0.4, 0.5) is 5.00 Å². The molecule has 1 aromatic heterocycles. The maximum atomic E-state index is 12.8. The van der Waals surface area contributed by atoms with Crippen LogP contribution in [-0.2, 0) is 17.6 Å². The van der Waals surface area contributed by atoms with E-state index in [1.165, 1.54) is 55.4 Å². The Morgan fingerprint density at radius 2 is 1.81 bits per heavy atom. The molecule has 27 heavy (non-hydrogen) atoms. The highest BCUT2D eigenvalue weighted by Gasteiger charge is 2.52. The van der Waals surface area contributed by atoms with Gasteiger partial charge in [0.15, 0.2) is 0 Å². The molecule has 1 heterocycles. The molecule has 4 saturated carbocycles. The van der Waals surface area contributed by atoms with E-state index in [1.807, 2.05) is 0 Å². The van der Waals surface area contributed by atoms with Crippen molar-refractivity contribution in [2.24, 2.45) is 17.8 Å². The molecule has 0 atom stereocenters. The van der Waals surface area contributed by atoms with Gasteiger partial charge in [-0.15, -0.1) is 11.3 Å². The van der Waals surface area contributed by atoms with Crippen molar-refractivity contribution in [3.05, 3.63) is 16.0 Å². The second-order valence-electron chi connectivity index (χ2n) is 9.57. The Labute approximate surface area is 165 Å². The lowest BCUT2D eigenvalue weighted by atomic mass is 9.52. The summed E-state index contributed by atoms with van der Waals surface area (Å²) in [4.78, 5) is 16.5. The number of hydrogen-bond acceptors (Lipinski definition) is 4. The Morgan fingerprint density at radius 1 is 1.19 bits per heavy atom. The van der Waals surface area contributed by atoms with E-state index in [0.29, 0.717) is 6.54 Å². The average Bonchev–Trinajstić information content (AvgIpc) is 2.97. The van der Waals surface area contributed by atoms with E-state index in [1.54, 1.807) is 11.3 Å². The number of nitrogens with zero attached hydrogens (tertiary/aromatic N) is 2. The van der Waals surface area contributed by atoms with Gasteiger partial charge in [-0.2, -0.15) is 5.26 Å². The number of rotatable bonds is 4. The number of aryl methyl sites for hydroxylation is 1. The summed E-state index contributed by atoms with van der Waals surface area (Å²) >= 11 is 1.63. The van der Waals surface area contributed by atoms with Gasteiger partial charge in [-0.25, -0.2) is 0 Å². The minimum atomic E-state index is 0.0448. The summed E-state index contributed by atoms with van der Waals surface area (Å²) in [6.07, 6.45) is 12.5. The van der Waals surface area contributed by atoms with Gasteiger partial charge in [0.2, 0.25) is 5.91 Å². The first-order chi connectivity index (χ1) is 13.1. The number of amides is 1. The molecular weight excluding hydrogens is 354 g/mol. The molecular formula is C22H29N3OS. The first-order valence-corrected chi connectivity index (χ1v) is 11.4. The van der Waals surface area contributed by atoms with Crippen LogP contribution < -0.4 is 5.32 Å². The lowest BCUT2D eigenvalue weighted by Gasteiger charge is -2.59. The van der Waals surface area contributed by atoms with Crippen LogP contribution in [0, 0.1) is 29.1 Å². The molecule has 0 unspecified atom stereocenters. The zero-order valence-electron chi connectivity index (χ0n) is 16.2. The minimum absolute atomic E-state index is 0.0448. The van der Waals surface area contributed by atoms with Crippen LogP contribution in [-0.4, -0.2) is 29.9 Å². The van der Waals surface area contributed by atoms with Crippen LogP contribution in [0.25, 0.3) is 0 Å². The van der Waals surface area contributed by atoms with Gasteiger partial charge in [0.05, 0.1) is 12.1 Å². The maximum absolute atomic E-state index is 12.8. The minimum Gasteiger partial charge on any atom is -0.315 e. The molecule has 0 aliphatic heterocycles. The number of nitriles is 1. The molecule has 144 valence electrons. The topological polar surface area (TPSA) is 56.1 Å². The van der Waals surface area contributed by atoms with Gasteiger partial charge in [-0.3, -0.25) is 9.69 Å². The first kappa shape index (κ1) is 17.7. The van der Waals surface area contributed by atoms with Gasteiger partial charge in [-0.1, -0.05) is 0 Å². The third kappa shape index (κ3) is 3.02. The monoisotopic (exact) mass is 383 g/mol. The Kier molecular flexibility index (Phi) is 4.33. The lowest BCUT2D eigenvalue weighted by Crippen LogP contribution is -2.59. The molecule has 0 saturated heterocycles. The fourth-order valence-electron chi connectivity index (χ4n) is 6.85. The van der Waals surface area contributed by atoms with Gasteiger partial charge in [0.1, 0.15) is 11.1 Å². The number of anilines is 1. The highest BCUT2D eigenvalue weighted by atomic mass is 32.1. The first-order valence-electron chi connectivity index (χ1n) is 10.6. The zero-order valence-corrected chi connectivity index (χ0v) is 17.0. The molecule has 5 aliphatic rings. The molecule has 0 spiro atoms. The van der Waals surface area contributed by atoms with Crippen LogP contribution in [0.1, 0.15) is 67.4 Å². The quantitative estimate of drug-likeness (QED) is 0.841. The van der Waals surface area contributed by atoms with Crippen LogP contribution in [0.5, 0.6) is 0 Å². The highest BCUT2D eigenvalue weighted by Crippen LogP contribution is 2.57. The second-order valence-corrected chi connectivity index (χ2v) is 10.7. The Morgan fingerprint density at radius 3 is 2.44 bits per heavy atom. The molecule has 4 nitrogen and oxygen atoms in total. The van der Waals surface area contributed by atoms with Crippen molar-refractivity contribution in [2.45, 2.75) is 69.7 Å². The smallest absolute Gasteiger partial charge is 0.239 e. The zero-order chi connectivity index (χ0) is 18.6. The van der Waals surface area contributed by atoms with Crippen LogP contribution in [0.2, 0.25) is 0 Å². The molecule has 0 aromatic carbocycles. The summed E-state index contributed by atoms with van der Waals surface area (Å²) in [5.41, 5.74) is 2.16. The number of thiophene rings is 1. The van der Waals surface area contributed by atoms with Gasteiger partial charge >= 0.3 is 0 Å². The van der Waals surface area contributed by atoms with Crippen molar-refractivity contribution < 1.29 is 4.79 Å². The molecule has 4 bridgehead atoms. The van der Waals surface area contributed by atoms with Crippen molar-refractivity contribution in [1.29, 1.82) is 5.26 Å². The van der Waals surface area contributed by atoms with Crippen LogP contribution in [0.15, 0.2) is 0 Å². The van der Waals surface area contributed by atoms with Crippen LogP contribution >= 0.6 is 11.3 Å². The molecule has 4 fully saturated rings. The molecule has 1 aromatic rings. The normalized spacial score (nSPS) is 33.7. The second kappa shape index (κ2) is 6.60. The molecule has 1 N–H and O–H groups in total. The molecule has 0 radical (unpaired) electrons. The Bertz CT molecular complexity index is 770. The average molecular weight is 384 g/mol. The van der Waals surface area contributed by atoms with Crippen molar-refractivity contribution >= 4 is 22.2 Å². The fourth-order valence-corrected chi connectivity index (χ4v) is 8.11. The van der Waals surface area contributed by atoms with Crippen molar-refractivity contribution in [1.82, 2.24) is 4.90 Å². The van der Waals surface area contributed by atoms with Crippen LogP contribution in [0.3, 0.4) is 0 Å². The summed E-state index contributed by atoms with van der Waals surface area (Å²) in [5, 5.41) is 13.5. The number of carbonyl (C=O) groups excluding carboxylic acids is 1. The van der Waals surface area contributed by atoms with E-state index in [9.17, 15) is 10.1 Å². The predicted molar refractivity (Wildman–Crippen MR) is 108 cm³/mol. The summed E-state index contributed by atoms with van der Waals surface area (Å²) in [7, 11) is 2.15. The number of hydrogen-bond donors (Lipinski definition) is 1. The largest absolute Gasteiger partial charge is 0.315 e. The summed E-state index contributed by atoms with van der Waals surface area (Å²) in [6.45, 7) is 0.444. The molecule has 1 amide bonds. The summed E-state index contributed by atoms with van der Waals surface area (Å²) in [6, 6.07) is 2.35. The third-order valence-corrected chi connectivity index (χ3v) is 8.94. The number of nitrogens with one attached hydrogen (secondary N) is 1. The van der Waals surface area contributed by atoms with Crippen molar-refractivity contribution in [2.75, 3.05) is 18.9 Å². The standard InChI is InChI=1S/C22H29N3OS/c1-25(22-9-14-6-15(10-22)8-16(7-14)11-22)13-20(26)24-21-18(12-23)17-4-2-3-5-19(17)27-21/h14-16H,2-11,13H2,1H3,(H,24,26). The molecule has 6 rings (SSSR count). The van der Waals surface area contributed by atoms with E-state index < -0.39 is 0 Å². The molecule has 5 heteroatoms. The molecule has 5 aliphatic carbocycles.